The summed E-state index contributed by atoms with van der Waals surface area (Å²) in [6.07, 6.45) is 2.11. The van der Waals surface area contributed by atoms with Gasteiger partial charge < -0.3 is 13.7 Å². The fraction of sp³-hybridized carbons (Fsp3) is 0.320. The van der Waals surface area contributed by atoms with Gasteiger partial charge in [-0.05, 0) is 61.2 Å². The summed E-state index contributed by atoms with van der Waals surface area (Å²) in [6, 6.07) is 13.5. The van der Waals surface area contributed by atoms with Crippen molar-refractivity contribution in [2.45, 2.75) is 51.1 Å². The molecule has 166 valence electrons. The van der Waals surface area contributed by atoms with Crippen LogP contribution < -0.4 is 10.4 Å². The molecule has 4 rings (SSSR count). The lowest BCUT2D eigenvalue weighted by molar-refractivity contribution is 0.415. The van der Waals surface area contributed by atoms with E-state index >= 15 is 0 Å². The van der Waals surface area contributed by atoms with Gasteiger partial charge in [-0.3, -0.25) is 0 Å². The first-order valence-electron chi connectivity index (χ1n) is 10.7. The first-order valence-corrected chi connectivity index (χ1v) is 11.7. The summed E-state index contributed by atoms with van der Waals surface area (Å²) in [4.78, 5) is 12.2. The van der Waals surface area contributed by atoms with Gasteiger partial charge in [-0.1, -0.05) is 37.2 Å². The molecule has 4 aromatic rings. The molecule has 0 aliphatic carbocycles. The minimum atomic E-state index is -0.326. The third-order valence-electron chi connectivity index (χ3n) is 5.67. The zero-order valence-electron chi connectivity index (χ0n) is 18.8. The Labute approximate surface area is 191 Å². The quantitative estimate of drug-likeness (QED) is 0.251. The number of benzene rings is 2. The molecule has 0 aliphatic heterocycles. The van der Waals surface area contributed by atoms with Gasteiger partial charge in [0.1, 0.15) is 11.3 Å². The molecule has 0 saturated heterocycles. The third-order valence-corrected chi connectivity index (χ3v) is 6.69. The van der Waals surface area contributed by atoms with Crippen LogP contribution in [0, 0.1) is 13.8 Å². The lowest BCUT2D eigenvalue weighted by Crippen LogP contribution is -2.04. The predicted octanol–water partition coefficient (Wildman–Crippen LogP) is 5.77. The van der Waals surface area contributed by atoms with Gasteiger partial charge in [0.05, 0.1) is 7.11 Å². The molecule has 2 heterocycles. The van der Waals surface area contributed by atoms with Gasteiger partial charge in [-0.15, -0.1) is 10.2 Å². The van der Waals surface area contributed by atoms with Crippen LogP contribution in [0.4, 0.5) is 0 Å². The maximum Gasteiger partial charge on any atom is 0.336 e. The van der Waals surface area contributed by atoms with Crippen molar-refractivity contribution in [2.24, 2.45) is 0 Å². The topological polar surface area (TPSA) is 70.2 Å². The Hall–Kier alpha value is -3.06. The minimum Gasteiger partial charge on any atom is -0.497 e. The van der Waals surface area contributed by atoms with Crippen LogP contribution in [0.5, 0.6) is 5.75 Å². The predicted molar refractivity (Wildman–Crippen MR) is 128 cm³/mol. The number of aryl methyl sites for hydroxylation is 2. The average Bonchev–Trinajstić information content (AvgIpc) is 3.21. The van der Waals surface area contributed by atoms with E-state index in [9.17, 15) is 4.79 Å². The van der Waals surface area contributed by atoms with Crippen LogP contribution >= 0.6 is 11.8 Å². The highest BCUT2D eigenvalue weighted by molar-refractivity contribution is 7.98. The smallest absolute Gasteiger partial charge is 0.336 e. The number of ether oxygens (including phenoxy) is 1. The van der Waals surface area contributed by atoms with Crippen LogP contribution in [0.15, 0.2) is 56.8 Å². The largest absolute Gasteiger partial charge is 0.497 e. The number of hydrogen-bond acceptors (Lipinski definition) is 6. The van der Waals surface area contributed by atoms with Crippen LogP contribution in [-0.2, 0) is 12.3 Å². The summed E-state index contributed by atoms with van der Waals surface area (Å²) < 4.78 is 13.0. The van der Waals surface area contributed by atoms with Crippen molar-refractivity contribution in [3.05, 3.63) is 69.6 Å². The van der Waals surface area contributed by atoms with Gasteiger partial charge in [0.25, 0.3) is 0 Å². The molecule has 2 aromatic heterocycles. The fourth-order valence-corrected chi connectivity index (χ4v) is 4.61. The van der Waals surface area contributed by atoms with E-state index in [1.165, 1.54) is 0 Å². The summed E-state index contributed by atoms with van der Waals surface area (Å²) in [7, 11) is 1.66. The second kappa shape index (κ2) is 9.61. The SMILES string of the molecule is CCCCn1c(SCc2cc(=O)oc3c(C)c(C)ccc23)nnc1-c1ccc(OC)cc1. The molecule has 2 aromatic carbocycles. The molecular weight excluding hydrogens is 422 g/mol. The molecule has 0 amide bonds. The second-order valence-corrected chi connectivity index (χ2v) is 8.75. The highest BCUT2D eigenvalue weighted by Gasteiger charge is 2.16. The molecule has 0 aliphatic rings. The van der Waals surface area contributed by atoms with E-state index in [1.54, 1.807) is 24.9 Å². The third kappa shape index (κ3) is 4.43. The first kappa shape index (κ1) is 22.1. The van der Waals surface area contributed by atoms with E-state index in [0.717, 1.165) is 63.8 Å². The molecule has 0 N–H and O–H groups in total. The second-order valence-electron chi connectivity index (χ2n) is 7.80. The molecule has 0 radical (unpaired) electrons. The molecule has 7 heteroatoms. The summed E-state index contributed by atoms with van der Waals surface area (Å²) in [6.45, 7) is 7.01. The highest BCUT2D eigenvalue weighted by Crippen LogP contribution is 2.31. The Bertz CT molecular complexity index is 1290. The summed E-state index contributed by atoms with van der Waals surface area (Å²) in [5, 5.41) is 10.8. The van der Waals surface area contributed by atoms with Crippen molar-refractivity contribution < 1.29 is 9.15 Å². The summed E-state index contributed by atoms with van der Waals surface area (Å²) >= 11 is 1.59. The van der Waals surface area contributed by atoms with Crippen molar-refractivity contribution in [1.29, 1.82) is 0 Å². The van der Waals surface area contributed by atoms with Gasteiger partial charge in [0, 0.05) is 29.3 Å². The maximum atomic E-state index is 12.2. The van der Waals surface area contributed by atoms with Crippen molar-refractivity contribution in [1.82, 2.24) is 14.8 Å². The Balaban J connectivity index is 1.67. The van der Waals surface area contributed by atoms with Gasteiger partial charge in [0.15, 0.2) is 11.0 Å². The molecule has 0 spiro atoms. The molecule has 0 unspecified atom stereocenters. The Morgan fingerprint density at radius 1 is 1.09 bits per heavy atom. The molecule has 0 saturated carbocycles. The van der Waals surface area contributed by atoms with E-state index in [-0.39, 0.29) is 5.63 Å². The van der Waals surface area contributed by atoms with Crippen molar-refractivity contribution in [3.63, 3.8) is 0 Å². The van der Waals surface area contributed by atoms with Crippen LogP contribution in [0.2, 0.25) is 0 Å². The number of nitrogens with zero attached hydrogens (tertiary/aromatic N) is 3. The molecule has 0 fully saturated rings. The average molecular weight is 450 g/mol. The number of aromatic nitrogens is 3. The monoisotopic (exact) mass is 449 g/mol. The summed E-state index contributed by atoms with van der Waals surface area (Å²) in [5.74, 6) is 2.26. The number of hydrogen-bond donors (Lipinski definition) is 0. The van der Waals surface area contributed by atoms with Crippen LogP contribution in [-0.4, -0.2) is 21.9 Å². The molecule has 6 nitrogen and oxygen atoms in total. The van der Waals surface area contributed by atoms with Crippen LogP contribution in [0.1, 0.15) is 36.5 Å². The Morgan fingerprint density at radius 2 is 1.88 bits per heavy atom. The lowest BCUT2D eigenvalue weighted by Gasteiger charge is -2.11. The highest BCUT2D eigenvalue weighted by atomic mass is 32.2. The van der Waals surface area contributed by atoms with E-state index in [1.807, 2.05) is 44.2 Å². The molecule has 0 atom stereocenters. The van der Waals surface area contributed by atoms with E-state index in [2.05, 4.69) is 27.8 Å². The summed E-state index contributed by atoms with van der Waals surface area (Å²) in [5.41, 5.74) is 4.39. The zero-order chi connectivity index (χ0) is 22.7. The Kier molecular flexibility index (Phi) is 6.65. The number of fused-ring (bicyclic) bond motifs is 1. The van der Waals surface area contributed by atoms with Crippen LogP contribution in [0.3, 0.4) is 0 Å². The van der Waals surface area contributed by atoms with E-state index in [0.29, 0.717) is 11.3 Å². The maximum absolute atomic E-state index is 12.2. The zero-order valence-corrected chi connectivity index (χ0v) is 19.7. The normalized spacial score (nSPS) is 11.2. The number of thioether (sulfide) groups is 1. The van der Waals surface area contributed by atoms with Gasteiger partial charge in [-0.2, -0.15) is 0 Å². The number of methoxy groups -OCH3 is 1. The van der Waals surface area contributed by atoms with Crippen molar-refractivity contribution >= 4 is 22.7 Å². The van der Waals surface area contributed by atoms with E-state index in [4.69, 9.17) is 9.15 Å². The lowest BCUT2D eigenvalue weighted by atomic mass is 10.0. The van der Waals surface area contributed by atoms with Crippen molar-refractivity contribution in [2.75, 3.05) is 7.11 Å². The van der Waals surface area contributed by atoms with Gasteiger partial charge >= 0.3 is 5.63 Å². The minimum absolute atomic E-state index is 0.326. The standard InChI is InChI=1S/C25H27N3O3S/c1-5-6-13-28-24(18-8-10-20(30-4)11-9-18)26-27-25(28)32-15-19-14-22(29)31-23-17(3)16(2)7-12-21(19)23/h7-12,14H,5-6,13,15H2,1-4H3. The van der Waals surface area contributed by atoms with Crippen LogP contribution in [0.25, 0.3) is 22.4 Å². The van der Waals surface area contributed by atoms with Gasteiger partial charge in [0.2, 0.25) is 0 Å². The van der Waals surface area contributed by atoms with E-state index < -0.39 is 0 Å². The Morgan fingerprint density at radius 3 is 2.59 bits per heavy atom. The van der Waals surface area contributed by atoms with Crippen molar-refractivity contribution in [3.8, 4) is 17.1 Å². The number of rotatable bonds is 8. The van der Waals surface area contributed by atoms with Gasteiger partial charge in [-0.25, -0.2) is 4.79 Å². The molecular formula is C25H27N3O3S. The molecule has 0 bridgehead atoms. The first-order chi connectivity index (χ1) is 15.5. The number of unbranched alkanes of at least 4 members (excludes halogenated alkanes) is 1. The molecule has 32 heavy (non-hydrogen) atoms. The fourth-order valence-electron chi connectivity index (χ4n) is 3.65.